The fourth-order valence-corrected chi connectivity index (χ4v) is 2.51. The Hall–Kier alpha value is -3.09. The molecule has 0 radical (unpaired) electrons. The van der Waals surface area contributed by atoms with Crippen molar-refractivity contribution in [1.82, 2.24) is 5.32 Å². The Kier molecular flexibility index (Phi) is 7.16. The van der Waals surface area contributed by atoms with Crippen LogP contribution in [0.25, 0.3) is 0 Å². The zero-order valence-electron chi connectivity index (χ0n) is 15.7. The highest BCUT2D eigenvalue weighted by atomic mass is 16.5. The molecule has 0 spiro atoms. The molecular formula is C20H24N2O5. The number of carbonyl (C=O) groups excluding carboxylic acids is 3. The summed E-state index contributed by atoms with van der Waals surface area (Å²) in [5, 5.41) is 5.46. The molecule has 0 saturated carbocycles. The highest BCUT2D eigenvalue weighted by Gasteiger charge is 2.15. The van der Waals surface area contributed by atoms with E-state index in [1.165, 1.54) is 12.3 Å². The van der Waals surface area contributed by atoms with Crippen molar-refractivity contribution >= 4 is 23.5 Å². The van der Waals surface area contributed by atoms with Gasteiger partial charge in [0.25, 0.3) is 11.8 Å². The summed E-state index contributed by atoms with van der Waals surface area (Å²) in [6, 6.07) is 7.97. The molecule has 0 aliphatic rings. The second-order valence-electron chi connectivity index (χ2n) is 6.29. The largest absolute Gasteiger partial charge is 0.459 e. The summed E-state index contributed by atoms with van der Waals surface area (Å²) in [6.07, 6.45) is 3.22. The van der Waals surface area contributed by atoms with Gasteiger partial charge in [0.05, 0.1) is 11.8 Å². The maximum atomic E-state index is 12.2. The Morgan fingerprint density at radius 1 is 1.22 bits per heavy atom. The normalized spacial score (nSPS) is 11.5. The van der Waals surface area contributed by atoms with Crippen molar-refractivity contribution in [3.05, 3.63) is 53.5 Å². The molecule has 0 bridgehead atoms. The van der Waals surface area contributed by atoms with E-state index in [-0.39, 0.29) is 29.9 Å². The zero-order chi connectivity index (χ0) is 19.8. The van der Waals surface area contributed by atoms with Gasteiger partial charge in [0.2, 0.25) is 0 Å². The predicted molar refractivity (Wildman–Crippen MR) is 101 cm³/mol. The molecule has 1 aromatic heterocycles. The van der Waals surface area contributed by atoms with E-state index in [2.05, 4.69) is 10.6 Å². The van der Waals surface area contributed by atoms with E-state index in [1.807, 2.05) is 13.8 Å². The number of hydrogen-bond donors (Lipinski definition) is 2. The second kappa shape index (κ2) is 9.56. The lowest BCUT2D eigenvalue weighted by Crippen LogP contribution is -2.35. The number of esters is 1. The standard InChI is InChI=1S/C20H24N2O5/c1-4-6-14(3)21-18(23)12-27-20(25)15-9-8-13(2)16(11-15)22-19(24)17-7-5-10-26-17/h5,7-11,14H,4,6,12H2,1-3H3,(H,21,23)(H,22,24)/t14-/m0/s1. The van der Waals surface area contributed by atoms with Crippen molar-refractivity contribution in [3.8, 4) is 0 Å². The van der Waals surface area contributed by atoms with Crippen molar-refractivity contribution < 1.29 is 23.5 Å². The molecule has 7 nitrogen and oxygen atoms in total. The lowest BCUT2D eigenvalue weighted by Gasteiger charge is -2.13. The number of furan rings is 1. The Bertz CT molecular complexity index is 799. The molecule has 1 atom stereocenters. The van der Waals surface area contributed by atoms with Crippen molar-refractivity contribution in [3.63, 3.8) is 0 Å². The lowest BCUT2D eigenvalue weighted by molar-refractivity contribution is -0.124. The molecule has 144 valence electrons. The summed E-state index contributed by atoms with van der Waals surface area (Å²) >= 11 is 0. The minimum absolute atomic E-state index is 0.0315. The minimum Gasteiger partial charge on any atom is -0.459 e. The van der Waals surface area contributed by atoms with Crippen LogP contribution in [0.3, 0.4) is 0 Å². The molecule has 0 saturated heterocycles. The molecule has 7 heteroatoms. The molecule has 2 rings (SSSR count). The van der Waals surface area contributed by atoms with E-state index >= 15 is 0 Å². The van der Waals surface area contributed by atoms with E-state index in [0.717, 1.165) is 18.4 Å². The summed E-state index contributed by atoms with van der Waals surface area (Å²) in [6.45, 7) is 5.38. The summed E-state index contributed by atoms with van der Waals surface area (Å²) in [7, 11) is 0. The Morgan fingerprint density at radius 2 is 2.00 bits per heavy atom. The van der Waals surface area contributed by atoms with Crippen LogP contribution in [0, 0.1) is 6.92 Å². The number of anilines is 1. The maximum Gasteiger partial charge on any atom is 0.338 e. The highest BCUT2D eigenvalue weighted by Crippen LogP contribution is 2.19. The fraction of sp³-hybridized carbons (Fsp3) is 0.350. The van der Waals surface area contributed by atoms with Gasteiger partial charge < -0.3 is 19.8 Å². The van der Waals surface area contributed by atoms with Gasteiger partial charge in [0, 0.05) is 11.7 Å². The number of carbonyl (C=O) groups is 3. The van der Waals surface area contributed by atoms with Crippen molar-refractivity contribution in [1.29, 1.82) is 0 Å². The monoisotopic (exact) mass is 372 g/mol. The van der Waals surface area contributed by atoms with Crippen LogP contribution in [-0.2, 0) is 9.53 Å². The Balaban J connectivity index is 1.96. The number of amides is 2. The molecule has 2 amide bonds. The quantitative estimate of drug-likeness (QED) is 0.693. The van der Waals surface area contributed by atoms with E-state index in [0.29, 0.717) is 5.69 Å². The molecule has 27 heavy (non-hydrogen) atoms. The first kappa shape index (κ1) is 20.2. The van der Waals surface area contributed by atoms with E-state index in [4.69, 9.17) is 9.15 Å². The molecule has 0 fully saturated rings. The number of aryl methyl sites for hydroxylation is 1. The van der Waals surface area contributed by atoms with Gasteiger partial charge in [0.1, 0.15) is 0 Å². The van der Waals surface area contributed by atoms with E-state index in [1.54, 1.807) is 31.2 Å². The van der Waals surface area contributed by atoms with Gasteiger partial charge in [-0.3, -0.25) is 9.59 Å². The van der Waals surface area contributed by atoms with Gasteiger partial charge >= 0.3 is 5.97 Å². The van der Waals surface area contributed by atoms with E-state index < -0.39 is 11.9 Å². The number of hydrogen-bond acceptors (Lipinski definition) is 5. The van der Waals surface area contributed by atoms with Crippen LogP contribution >= 0.6 is 0 Å². The number of ether oxygens (including phenoxy) is 1. The molecule has 0 unspecified atom stereocenters. The van der Waals surface area contributed by atoms with Crippen LogP contribution < -0.4 is 10.6 Å². The fourth-order valence-electron chi connectivity index (χ4n) is 2.51. The first-order chi connectivity index (χ1) is 12.9. The first-order valence-electron chi connectivity index (χ1n) is 8.82. The predicted octanol–water partition coefficient (Wildman–Crippen LogP) is 3.30. The molecule has 1 aromatic carbocycles. The third kappa shape index (κ3) is 5.99. The SMILES string of the molecule is CCC[C@H](C)NC(=O)COC(=O)c1ccc(C)c(NC(=O)c2ccco2)c1. The topological polar surface area (TPSA) is 97.6 Å². The molecular weight excluding hydrogens is 348 g/mol. The number of rotatable bonds is 8. The average Bonchev–Trinajstić information content (AvgIpc) is 3.16. The van der Waals surface area contributed by atoms with Crippen molar-refractivity contribution in [2.24, 2.45) is 0 Å². The van der Waals surface area contributed by atoms with Crippen LogP contribution in [0.4, 0.5) is 5.69 Å². The zero-order valence-corrected chi connectivity index (χ0v) is 15.7. The number of nitrogens with one attached hydrogen (secondary N) is 2. The average molecular weight is 372 g/mol. The Morgan fingerprint density at radius 3 is 2.67 bits per heavy atom. The first-order valence-corrected chi connectivity index (χ1v) is 8.82. The molecule has 1 heterocycles. The van der Waals surface area contributed by atoms with Gasteiger partial charge in [-0.15, -0.1) is 0 Å². The smallest absolute Gasteiger partial charge is 0.338 e. The van der Waals surface area contributed by atoms with Crippen LogP contribution in [0.15, 0.2) is 41.0 Å². The van der Waals surface area contributed by atoms with Crippen molar-refractivity contribution in [2.45, 2.75) is 39.7 Å². The Labute approximate surface area is 158 Å². The van der Waals surface area contributed by atoms with Gasteiger partial charge in [-0.1, -0.05) is 19.4 Å². The summed E-state index contributed by atoms with van der Waals surface area (Å²) < 4.78 is 10.1. The highest BCUT2D eigenvalue weighted by molar-refractivity contribution is 6.03. The van der Waals surface area contributed by atoms with Gasteiger partial charge in [-0.2, -0.15) is 0 Å². The minimum atomic E-state index is -0.637. The molecule has 2 aromatic rings. The van der Waals surface area contributed by atoms with E-state index in [9.17, 15) is 14.4 Å². The maximum absolute atomic E-state index is 12.2. The second-order valence-corrected chi connectivity index (χ2v) is 6.29. The molecule has 0 aliphatic heterocycles. The van der Waals surface area contributed by atoms with Crippen LogP contribution in [0.5, 0.6) is 0 Å². The summed E-state index contributed by atoms with van der Waals surface area (Å²) in [5.74, 6) is -1.23. The summed E-state index contributed by atoms with van der Waals surface area (Å²) in [4.78, 5) is 36.1. The van der Waals surface area contributed by atoms with Gasteiger partial charge in [0.15, 0.2) is 12.4 Å². The summed E-state index contributed by atoms with van der Waals surface area (Å²) in [5.41, 5.74) is 1.48. The molecule has 0 aliphatic carbocycles. The lowest BCUT2D eigenvalue weighted by atomic mass is 10.1. The molecule has 2 N–H and O–H groups in total. The van der Waals surface area contributed by atoms with Crippen LogP contribution in [-0.4, -0.2) is 30.4 Å². The van der Waals surface area contributed by atoms with Crippen LogP contribution in [0.2, 0.25) is 0 Å². The third-order valence-corrected chi connectivity index (χ3v) is 3.93. The van der Waals surface area contributed by atoms with Crippen LogP contribution in [0.1, 0.15) is 53.2 Å². The number of benzene rings is 1. The van der Waals surface area contributed by atoms with Crippen molar-refractivity contribution in [2.75, 3.05) is 11.9 Å². The van der Waals surface area contributed by atoms with Gasteiger partial charge in [-0.25, -0.2) is 4.79 Å². The third-order valence-electron chi connectivity index (χ3n) is 3.93. The van der Waals surface area contributed by atoms with Gasteiger partial charge in [-0.05, 0) is 50.1 Å².